The average molecular weight is 283 g/mol. The van der Waals surface area contributed by atoms with Crippen molar-refractivity contribution < 1.29 is 9.45 Å². The summed E-state index contributed by atoms with van der Waals surface area (Å²) in [6.45, 7) is 1.05. The number of nitro groups is 1. The molecule has 0 spiro atoms. The van der Waals surface area contributed by atoms with Crippen LogP contribution in [0.1, 0.15) is 11.5 Å². The lowest BCUT2D eigenvalue weighted by molar-refractivity contribution is -0.384. The van der Waals surface area contributed by atoms with Gasteiger partial charge in [0.2, 0.25) is 5.89 Å². The summed E-state index contributed by atoms with van der Waals surface area (Å²) in [5.74, 6) is 0.539. The summed E-state index contributed by atoms with van der Waals surface area (Å²) >= 11 is 5.98. The van der Waals surface area contributed by atoms with Gasteiger partial charge in [-0.15, -0.1) is 0 Å². The summed E-state index contributed by atoms with van der Waals surface area (Å²) in [4.78, 5) is 14.1. The van der Waals surface area contributed by atoms with Crippen molar-refractivity contribution in [2.24, 2.45) is 0 Å². The van der Waals surface area contributed by atoms with Crippen LogP contribution < -0.4 is 5.32 Å². The van der Waals surface area contributed by atoms with E-state index in [1.165, 1.54) is 24.5 Å². The lowest BCUT2D eigenvalue weighted by Gasteiger charge is -2.05. The maximum absolute atomic E-state index is 10.7. The number of nitrogens with zero attached hydrogens (tertiary/aromatic N) is 3. The molecule has 0 radical (unpaired) electrons. The molecule has 1 aromatic carbocycles. The zero-order valence-corrected chi connectivity index (χ0v) is 10.6. The van der Waals surface area contributed by atoms with Crippen LogP contribution in [-0.4, -0.2) is 21.6 Å². The minimum absolute atomic E-state index is 0.0260. The molecule has 1 aromatic heterocycles. The highest BCUT2D eigenvalue weighted by Gasteiger charge is 2.09. The van der Waals surface area contributed by atoms with Crippen molar-refractivity contribution in [1.82, 2.24) is 15.5 Å². The van der Waals surface area contributed by atoms with Crippen LogP contribution in [0.15, 0.2) is 29.0 Å². The number of nitrogens with one attached hydrogen (secondary N) is 1. The molecule has 1 N–H and O–H groups in total. The van der Waals surface area contributed by atoms with Crippen molar-refractivity contribution in [2.75, 3.05) is 6.54 Å². The maximum Gasteiger partial charge on any atom is 0.269 e. The predicted octanol–water partition coefficient (Wildman–Crippen LogP) is 1.96. The number of aromatic nitrogens is 2. The first-order chi connectivity index (χ1) is 9.16. The molecule has 2 rings (SSSR count). The molecule has 0 saturated heterocycles. The van der Waals surface area contributed by atoms with E-state index < -0.39 is 4.92 Å². The Morgan fingerprint density at radius 2 is 2.32 bits per heavy atom. The number of non-ortho nitro benzene ring substituents is 1. The number of hydrogen-bond donors (Lipinski definition) is 1. The first-order valence-electron chi connectivity index (χ1n) is 5.56. The Morgan fingerprint density at radius 1 is 1.47 bits per heavy atom. The van der Waals surface area contributed by atoms with Gasteiger partial charge in [-0.1, -0.05) is 16.8 Å². The van der Waals surface area contributed by atoms with Crippen LogP contribution >= 0.6 is 11.6 Å². The number of nitro benzene ring substituents is 1. The second kappa shape index (κ2) is 6.26. The van der Waals surface area contributed by atoms with E-state index in [2.05, 4.69) is 15.5 Å². The molecule has 1 heterocycles. The molecule has 0 aliphatic rings. The Morgan fingerprint density at radius 3 is 3.00 bits per heavy atom. The predicted molar refractivity (Wildman–Crippen MR) is 67.8 cm³/mol. The minimum Gasteiger partial charge on any atom is -0.340 e. The van der Waals surface area contributed by atoms with Crippen LogP contribution in [0, 0.1) is 10.1 Å². The van der Waals surface area contributed by atoms with Gasteiger partial charge in [0.1, 0.15) is 0 Å². The van der Waals surface area contributed by atoms with Crippen LogP contribution in [0.25, 0.3) is 0 Å². The van der Waals surface area contributed by atoms with Crippen LogP contribution in [0.2, 0.25) is 5.02 Å². The van der Waals surface area contributed by atoms with Crippen molar-refractivity contribution >= 4 is 17.3 Å². The highest BCUT2D eigenvalue weighted by molar-refractivity contribution is 6.31. The summed E-state index contributed by atoms with van der Waals surface area (Å²) in [5.41, 5.74) is 0.708. The van der Waals surface area contributed by atoms with Crippen molar-refractivity contribution in [1.29, 1.82) is 0 Å². The van der Waals surface area contributed by atoms with Crippen molar-refractivity contribution in [3.05, 3.63) is 51.1 Å². The first-order valence-corrected chi connectivity index (χ1v) is 5.93. The zero-order valence-electron chi connectivity index (χ0n) is 9.88. The second-order valence-corrected chi connectivity index (χ2v) is 4.20. The van der Waals surface area contributed by atoms with Crippen LogP contribution in [0.5, 0.6) is 0 Å². The highest BCUT2D eigenvalue weighted by atomic mass is 35.5. The second-order valence-electron chi connectivity index (χ2n) is 3.79. The lowest BCUT2D eigenvalue weighted by atomic mass is 10.2. The summed E-state index contributed by atoms with van der Waals surface area (Å²) in [7, 11) is 0. The van der Waals surface area contributed by atoms with Gasteiger partial charge in [-0.05, 0) is 11.6 Å². The molecule has 2 aromatic rings. The molecular formula is C11H11ClN4O3. The Hall–Kier alpha value is -1.99. The maximum atomic E-state index is 10.7. The Bertz CT molecular complexity index is 559. The van der Waals surface area contributed by atoms with Gasteiger partial charge < -0.3 is 9.84 Å². The van der Waals surface area contributed by atoms with E-state index in [-0.39, 0.29) is 5.69 Å². The van der Waals surface area contributed by atoms with Gasteiger partial charge in [0.25, 0.3) is 5.69 Å². The third-order valence-corrected chi connectivity index (χ3v) is 2.85. The summed E-state index contributed by atoms with van der Waals surface area (Å²) < 4.78 is 4.84. The molecule has 0 fully saturated rings. The molecule has 0 saturated carbocycles. The van der Waals surface area contributed by atoms with Crippen LogP contribution in [0.3, 0.4) is 0 Å². The molecule has 0 aliphatic heterocycles. The Balaban J connectivity index is 1.88. The van der Waals surface area contributed by atoms with E-state index in [4.69, 9.17) is 16.1 Å². The number of hydrogen-bond acceptors (Lipinski definition) is 6. The van der Waals surface area contributed by atoms with E-state index in [0.29, 0.717) is 36.0 Å². The normalized spacial score (nSPS) is 10.6. The topological polar surface area (TPSA) is 94.1 Å². The van der Waals surface area contributed by atoms with E-state index in [9.17, 15) is 10.1 Å². The molecule has 0 bridgehead atoms. The fourth-order valence-corrected chi connectivity index (χ4v) is 1.72. The fourth-order valence-electron chi connectivity index (χ4n) is 1.53. The standard InChI is InChI=1S/C11H11ClN4O3/c12-10-2-1-9(16(17)18)5-8(10)6-13-4-3-11-14-7-15-19-11/h1-2,5,7,13H,3-4,6H2. The molecule has 0 unspecified atom stereocenters. The van der Waals surface area contributed by atoms with Gasteiger partial charge in [-0.2, -0.15) is 4.98 Å². The summed E-state index contributed by atoms with van der Waals surface area (Å²) in [5, 5.41) is 17.8. The van der Waals surface area contributed by atoms with Crippen molar-refractivity contribution in [3.63, 3.8) is 0 Å². The molecule has 8 heteroatoms. The van der Waals surface area contributed by atoms with Gasteiger partial charge in [-0.3, -0.25) is 10.1 Å². The summed E-state index contributed by atoms with van der Waals surface area (Å²) in [6, 6.07) is 4.36. The molecular weight excluding hydrogens is 272 g/mol. The molecule has 7 nitrogen and oxygen atoms in total. The van der Waals surface area contributed by atoms with Gasteiger partial charge in [0.15, 0.2) is 6.33 Å². The Labute approximate surface area is 113 Å². The van der Waals surface area contributed by atoms with Gasteiger partial charge >= 0.3 is 0 Å². The lowest BCUT2D eigenvalue weighted by Crippen LogP contribution is -2.17. The molecule has 0 aliphatic carbocycles. The number of rotatable bonds is 6. The van der Waals surface area contributed by atoms with E-state index >= 15 is 0 Å². The summed E-state index contributed by atoms with van der Waals surface area (Å²) in [6.07, 6.45) is 1.93. The highest BCUT2D eigenvalue weighted by Crippen LogP contribution is 2.21. The van der Waals surface area contributed by atoms with E-state index in [1.807, 2.05) is 0 Å². The third kappa shape index (κ3) is 3.73. The fraction of sp³-hybridized carbons (Fsp3) is 0.273. The molecule has 19 heavy (non-hydrogen) atoms. The largest absolute Gasteiger partial charge is 0.340 e. The zero-order chi connectivity index (χ0) is 13.7. The average Bonchev–Trinajstić information content (AvgIpc) is 2.89. The molecule has 0 atom stereocenters. The molecule has 0 amide bonds. The SMILES string of the molecule is O=[N+]([O-])c1ccc(Cl)c(CNCCc2ncno2)c1. The van der Waals surface area contributed by atoms with Crippen molar-refractivity contribution in [2.45, 2.75) is 13.0 Å². The minimum atomic E-state index is -0.446. The number of halogens is 1. The van der Waals surface area contributed by atoms with Gasteiger partial charge in [-0.25, -0.2) is 0 Å². The third-order valence-electron chi connectivity index (χ3n) is 2.48. The van der Waals surface area contributed by atoms with Crippen LogP contribution in [-0.2, 0) is 13.0 Å². The monoisotopic (exact) mass is 282 g/mol. The number of benzene rings is 1. The quantitative estimate of drug-likeness (QED) is 0.494. The first kappa shape index (κ1) is 13.4. The molecule has 100 valence electrons. The Kier molecular flexibility index (Phi) is 4.43. The van der Waals surface area contributed by atoms with Crippen LogP contribution in [0.4, 0.5) is 5.69 Å². The van der Waals surface area contributed by atoms with Gasteiger partial charge in [0, 0.05) is 36.7 Å². The van der Waals surface area contributed by atoms with Crippen molar-refractivity contribution in [3.8, 4) is 0 Å². The smallest absolute Gasteiger partial charge is 0.269 e. The van der Waals surface area contributed by atoms with E-state index in [1.54, 1.807) is 0 Å². The van der Waals surface area contributed by atoms with E-state index in [0.717, 1.165) is 0 Å². The van der Waals surface area contributed by atoms with Gasteiger partial charge in [0.05, 0.1) is 4.92 Å².